The van der Waals surface area contributed by atoms with Gasteiger partial charge in [0.15, 0.2) is 0 Å². The summed E-state index contributed by atoms with van der Waals surface area (Å²) in [6, 6.07) is 5.67. The normalized spacial score (nSPS) is 15.1. The molecular weight excluding hydrogens is 322 g/mol. The van der Waals surface area contributed by atoms with Gasteiger partial charge < -0.3 is 9.47 Å². The van der Waals surface area contributed by atoms with Crippen molar-refractivity contribution in [2.24, 2.45) is 0 Å². The van der Waals surface area contributed by atoms with Gasteiger partial charge in [0.25, 0.3) is 0 Å². The zero-order chi connectivity index (χ0) is 14.8. The molecule has 0 spiro atoms. The van der Waals surface area contributed by atoms with Crippen molar-refractivity contribution in [1.29, 1.82) is 0 Å². The van der Waals surface area contributed by atoms with Crippen molar-refractivity contribution in [3.05, 3.63) is 22.7 Å². The molecule has 20 heavy (non-hydrogen) atoms. The number of rotatable bonds is 2. The fourth-order valence-electron chi connectivity index (χ4n) is 1.90. The first-order valence-electron chi connectivity index (χ1n) is 6.86. The summed E-state index contributed by atoms with van der Waals surface area (Å²) in [4.78, 5) is 14.1. The third-order valence-corrected chi connectivity index (χ3v) is 3.92. The number of hydrogen-bond donors (Lipinski definition) is 0. The zero-order valence-electron chi connectivity index (χ0n) is 12.1. The van der Waals surface area contributed by atoms with Crippen LogP contribution in [0.25, 0.3) is 0 Å². The Bertz CT molecular complexity index is 502. The number of amides is 1. The van der Waals surface area contributed by atoms with E-state index in [1.165, 1.54) is 0 Å². The maximum Gasteiger partial charge on any atom is 0.414 e. The van der Waals surface area contributed by atoms with Gasteiger partial charge in [-0.2, -0.15) is 0 Å². The zero-order valence-corrected chi connectivity index (χ0v) is 13.7. The Balaban J connectivity index is 2.28. The Labute approximate surface area is 128 Å². The van der Waals surface area contributed by atoms with Crippen LogP contribution in [-0.4, -0.2) is 24.8 Å². The van der Waals surface area contributed by atoms with Crippen LogP contribution in [-0.2, 0) is 4.74 Å². The molecule has 0 saturated carbocycles. The van der Waals surface area contributed by atoms with Crippen molar-refractivity contribution in [3.8, 4) is 5.75 Å². The highest BCUT2D eigenvalue weighted by atomic mass is 79.9. The quantitative estimate of drug-likeness (QED) is 0.801. The van der Waals surface area contributed by atoms with Gasteiger partial charge in [0, 0.05) is 11.0 Å². The van der Waals surface area contributed by atoms with Crippen molar-refractivity contribution in [1.82, 2.24) is 0 Å². The summed E-state index contributed by atoms with van der Waals surface area (Å²) in [5.74, 6) is 0.719. The largest absolute Gasteiger partial charge is 0.491 e. The molecule has 0 N–H and O–H groups in total. The molecule has 0 unspecified atom stereocenters. The van der Waals surface area contributed by atoms with Gasteiger partial charge in [0.2, 0.25) is 0 Å². The lowest BCUT2D eigenvalue weighted by atomic mass is 10.1. The van der Waals surface area contributed by atoms with Gasteiger partial charge in [0.1, 0.15) is 11.4 Å². The van der Waals surface area contributed by atoms with Crippen molar-refractivity contribution in [3.63, 3.8) is 0 Å². The molecule has 0 bridgehead atoms. The molecule has 0 radical (unpaired) electrons. The second kappa shape index (κ2) is 6.04. The standard InChI is InChI=1S/C15H20BrNO3/c1-4-15(2,3)20-14(18)17-8-5-9-19-13-7-6-11(16)10-12(13)17/h6-7,10H,4-5,8-9H2,1-3H3. The molecule has 0 atom stereocenters. The van der Waals surface area contributed by atoms with E-state index < -0.39 is 5.60 Å². The Morgan fingerprint density at radius 3 is 2.95 bits per heavy atom. The minimum Gasteiger partial charge on any atom is -0.491 e. The number of benzene rings is 1. The fraction of sp³-hybridized carbons (Fsp3) is 0.533. The number of fused-ring (bicyclic) bond motifs is 1. The Hall–Kier alpha value is -1.23. The van der Waals surface area contributed by atoms with Crippen LogP contribution in [0.3, 0.4) is 0 Å². The van der Waals surface area contributed by atoms with E-state index in [1.54, 1.807) is 4.90 Å². The molecule has 1 aromatic carbocycles. The van der Waals surface area contributed by atoms with Gasteiger partial charge in [-0.1, -0.05) is 22.9 Å². The topological polar surface area (TPSA) is 38.8 Å². The van der Waals surface area contributed by atoms with E-state index in [0.717, 1.165) is 28.8 Å². The van der Waals surface area contributed by atoms with Gasteiger partial charge in [-0.25, -0.2) is 4.79 Å². The highest BCUT2D eigenvalue weighted by Crippen LogP contribution is 2.34. The average molecular weight is 342 g/mol. The minimum absolute atomic E-state index is 0.318. The monoisotopic (exact) mass is 341 g/mol. The molecule has 0 fully saturated rings. The summed E-state index contributed by atoms with van der Waals surface area (Å²) in [5.41, 5.74) is 0.296. The molecule has 4 nitrogen and oxygen atoms in total. The molecule has 1 aliphatic heterocycles. The SMILES string of the molecule is CCC(C)(C)OC(=O)N1CCCOc2ccc(Br)cc21. The van der Waals surface area contributed by atoms with Gasteiger partial charge in [-0.15, -0.1) is 0 Å². The summed E-state index contributed by atoms with van der Waals surface area (Å²) in [6.45, 7) is 7.04. The van der Waals surface area contributed by atoms with Crippen LogP contribution in [0.15, 0.2) is 22.7 Å². The lowest BCUT2D eigenvalue weighted by molar-refractivity contribution is 0.0412. The third kappa shape index (κ3) is 3.45. The Morgan fingerprint density at radius 2 is 2.25 bits per heavy atom. The Kier molecular flexibility index (Phi) is 4.58. The number of halogens is 1. The van der Waals surface area contributed by atoms with Crippen LogP contribution < -0.4 is 9.64 Å². The van der Waals surface area contributed by atoms with Crippen LogP contribution in [0.1, 0.15) is 33.6 Å². The molecule has 1 heterocycles. The summed E-state index contributed by atoms with van der Waals surface area (Å²) in [7, 11) is 0. The molecule has 5 heteroatoms. The molecule has 0 aromatic heterocycles. The first-order chi connectivity index (χ1) is 9.43. The maximum absolute atomic E-state index is 12.4. The molecule has 1 aromatic rings. The first-order valence-corrected chi connectivity index (χ1v) is 7.65. The maximum atomic E-state index is 12.4. The Morgan fingerprint density at radius 1 is 1.50 bits per heavy atom. The lowest BCUT2D eigenvalue weighted by Gasteiger charge is -2.28. The van der Waals surface area contributed by atoms with Gasteiger partial charge in [-0.3, -0.25) is 4.90 Å². The van der Waals surface area contributed by atoms with Crippen LogP contribution in [0.4, 0.5) is 10.5 Å². The number of anilines is 1. The van der Waals surface area contributed by atoms with Crippen LogP contribution in [0.2, 0.25) is 0 Å². The first kappa shape index (κ1) is 15.2. The summed E-state index contributed by atoms with van der Waals surface area (Å²) in [5, 5.41) is 0. The number of hydrogen-bond acceptors (Lipinski definition) is 3. The second-order valence-corrected chi connectivity index (χ2v) is 6.36. The number of carbonyl (C=O) groups is 1. The van der Waals surface area contributed by atoms with Crippen molar-refractivity contribution in [2.45, 2.75) is 39.2 Å². The van der Waals surface area contributed by atoms with Gasteiger partial charge in [0.05, 0.1) is 12.3 Å². The molecule has 0 saturated heterocycles. The minimum atomic E-state index is -0.462. The highest BCUT2D eigenvalue weighted by Gasteiger charge is 2.28. The van der Waals surface area contributed by atoms with E-state index in [4.69, 9.17) is 9.47 Å². The molecular formula is C15H20BrNO3. The van der Waals surface area contributed by atoms with E-state index in [2.05, 4.69) is 15.9 Å². The third-order valence-electron chi connectivity index (χ3n) is 3.43. The van der Waals surface area contributed by atoms with E-state index in [0.29, 0.717) is 13.2 Å². The molecule has 2 rings (SSSR count). The van der Waals surface area contributed by atoms with Gasteiger partial charge >= 0.3 is 6.09 Å². The van der Waals surface area contributed by atoms with Crippen LogP contribution >= 0.6 is 15.9 Å². The van der Waals surface area contributed by atoms with Crippen LogP contribution in [0.5, 0.6) is 5.75 Å². The van der Waals surface area contributed by atoms with E-state index in [1.807, 2.05) is 39.0 Å². The van der Waals surface area contributed by atoms with E-state index >= 15 is 0 Å². The predicted molar refractivity (Wildman–Crippen MR) is 82.5 cm³/mol. The fourth-order valence-corrected chi connectivity index (χ4v) is 2.25. The average Bonchev–Trinajstić information content (AvgIpc) is 2.60. The van der Waals surface area contributed by atoms with Crippen molar-refractivity contribution in [2.75, 3.05) is 18.1 Å². The summed E-state index contributed by atoms with van der Waals surface area (Å²) >= 11 is 3.43. The highest BCUT2D eigenvalue weighted by molar-refractivity contribution is 9.10. The summed E-state index contributed by atoms with van der Waals surface area (Å²) < 4.78 is 12.2. The number of ether oxygens (including phenoxy) is 2. The molecule has 0 aliphatic carbocycles. The van der Waals surface area contributed by atoms with Crippen molar-refractivity contribution >= 4 is 27.7 Å². The van der Waals surface area contributed by atoms with Crippen molar-refractivity contribution < 1.29 is 14.3 Å². The second-order valence-electron chi connectivity index (χ2n) is 5.45. The predicted octanol–water partition coefficient (Wildman–Crippen LogP) is 4.36. The number of carbonyl (C=O) groups excluding carboxylic acids is 1. The molecule has 1 amide bonds. The van der Waals surface area contributed by atoms with E-state index in [-0.39, 0.29) is 6.09 Å². The van der Waals surface area contributed by atoms with E-state index in [9.17, 15) is 4.79 Å². The van der Waals surface area contributed by atoms with Gasteiger partial charge in [-0.05, 0) is 44.9 Å². The smallest absolute Gasteiger partial charge is 0.414 e. The molecule has 110 valence electrons. The summed E-state index contributed by atoms with van der Waals surface area (Å²) in [6.07, 6.45) is 1.24. The molecule has 1 aliphatic rings. The number of nitrogens with zero attached hydrogens (tertiary/aromatic N) is 1. The van der Waals surface area contributed by atoms with Crippen LogP contribution in [0, 0.1) is 0 Å². The lowest BCUT2D eigenvalue weighted by Crippen LogP contribution is -2.38.